The zero-order valence-corrected chi connectivity index (χ0v) is 32.9. The lowest BCUT2D eigenvalue weighted by Crippen LogP contribution is -2.11. The van der Waals surface area contributed by atoms with E-state index in [0.29, 0.717) is 0 Å². The van der Waals surface area contributed by atoms with Gasteiger partial charge in [-0.15, -0.1) is 0 Å². The maximum Gasteiger partial charge on any atom is 0.135 e. The summed E-state index contributed by atoms with van der Waals surface area (Å²) in [5, 5.41) is 4.66. The van der Waals surface area contributed by atoms with E-state index in [1.54, 1.807) is 0 Å². The van der Waals surface area contributed by atoms with E-state index in [1.807, 2.05) is 12.1 Å². The van der Waals surface area contributed by atoms with E-state index in [4.69, 9.17) is 4.42 Å². The summed E-state index contributed by atoms with van der Waals surface area (Å²) in [7, 11) is 0. The van der Waals surface area contributed by atoms with E-state index >= 15 is 0 Å². The van der Waals surface area contributed by atoms with E-state index in [0.717, 1.165) is 50.1 Å². The lowest BCUT2D eigenvalue weighted by molar-refractivity contribution is 0.669. The average Bonchev–Trinajstić information content (AvgIpc) is 3.70. The van der Waals surface area contributed by atoms with Crippen molar-refractivity contribution in [1.82, 2.24) is 0 Å². The van der Waals surface area contributed by atoms with Gasteiger partial charge in [-0.05, 0) is 103 Å². The summed E-state index contributed by atoms with van der Waals surface area (Å²) in [5.74, 6) is 0. The Hall–Kier alpha value is -7.94. The van der Waals surface area contributed by atoms with Crippen LogP contribution >= 0.6 is 0 Å². The van der Waals surface area contributed by atoms with Crippen LogP contribution < -0.4 is 4.90 Å². The fraction of sp³-hybridized carbons (Fsp3) is 0. The first-order valence-corrected chi connectivity index (χ1v) is 20.5. The molecule has 1 aromatic heterocycles. The summed E-state index contributed by atoms with van der Waals surface area (Å²) in [6.07, 6.45) is 0. The highest BCUT2D eigenvalue weighted by Gasteiger charge is 2.23. The molecule has 0 saturated heterocycles. The second-order valence-electron chi connectivity index (χ2n) is 15.2. The van der Waals surface area contributed by atoms with Crippen LogP contribution in [0.15, 0.2) is 241 Å². The summed E-state index contributed by atoms with van der Waals surface area (Å²) in [5.41, 5.74) is 16.7. The molecule has 60 heavy (non-hydrogen) atoms. The Kier molecular flexibility index (Phi) is 8.87. The Bertz CT molecular complexity index is 3300. The van der Waals surface area contributed by atoms with Crippen LogP contribution in [-0.4, -0.2) is 0 Å². The van der Waals surface area contributed by atoms with E-state index < -0.39 is 0 Å². The van der Waals surface area contributed by atoms with Gasteiger partial charge in [0, 0.05) is 27.7 Å². The fourth-order valence-corrected chi connectivity index (χ4v) is 8.94. The van der Waals surface area contributed by atoms with Gasteiger partial charge in [0.2, 0.25) is 0 Å². The predicted octanol–water partition coefficient (Wildman–Crippen LogP) is 16.5. The summed E-state index contributed by atoms with van der Waals surface area (Å²) in [6.45, 7) is 0. The van der Waals surface area contributed by atoms with Gasteiger partial charge in [-0.2, -0.15) is 0 Å². The molecular formula is C58H39NO. The monoisotopic (exact) mass is 765 g/mol. The normalized spacial score (nSPS) is 11.3. The molecule has 0 aliphatic rings. The number of anilines is 3. The Morgan fingerprint density at radius 3 is 1.60 bits per heavy atom. The molecule has 0 unspecified atom stereocenters. The molecule has 0 radical (unpaired) electrons. The summed E-state index contributed by atoms with van der Waals surface area (Å²) >= 11 is 0. The van der Waals surface area contributed by atoms with Gasteiger partial charge in [-0.1, -0.05) is 194 Å². The molecule has 11 rings (SSSR count). The number of hydrogen-bond donors (Lipinski definition) is 0. The number of nitrogens with zero attached hydrogens (tertiary/aromatic N) is 1. The van der Waals surface area contributed by atoms with Crippen molar-refractivity contribution in [1.29, 1.82) is 0 Å². The van der Waals surface area contributed by atoms with Crippen molar-refractivity contribution < 1.29 is 4.42 Å². The number of hydrogen-bond acceptors (Lipinski definition) is 2. The number of fused-ring (bicyclic) bond motifs is 4. The van der Waals surface area contributed by atoms with Gasteiger partial charge in [0.15, 0.2) is 0 Å². The molecular weight excluding hydrogens is 727 g/mol. The van der Waals surface area contributed by atoms with Crippen LogP contribution in [0.1, 0.15) is 0 Å². The van der Waals surface area contributed by atoms with Gasteiger partial charge in [0.25, 0.3) is 0 Å². The zero-order chi connectivity index (χ0) is 39.8. The van der Waals surface area contributed by atoms with Gasteiger partial charge in [-0.3, -0.25) is 0 Å². The third-order valence-corrected chi connectivity index (χ3v) is 11.7. The fourth-order valence-electron chi connectivity index (χ4n) is 8.94. The molecule has 282 valence electrons. The Labute approximate surface area is 349 Å². The molecule has 0 atom stereocenters. The quantitative estimate of drug-likeness (QED) is 0.153. The summed E-state index contributed by atoms with van der Waals surface area (Å²) in [4.78, 5) is 2.41. The first-order valence-electron chi connectivity index (χ1n) is 20.5. The molecule has 0 N–H and O–H groups in total. The second-order valence-corrected chi connectivity index (χ2v) is 15.2. The molecule has 0 aliphatic carbocycles. The first kappa shape index (κ1) is 35.2. The molecule has 0 amide bonds. The Morgan fingerprint density at radius 1 is 0.283 bits per heavy atom. The lowest BCUT2D eigenvalue weighted by Gasteiger charge is -2.29. The van der Waals surface area contributed by atoms with Gasteiger partial charge in [0.1, 0.15) is 11.2 Å². The van der Waals surface area contributed by atoms with Crippen LogP contribution in [0, 0.1) is 0 Å². The number of benzene rings is 10. The summed E-state index contributed by atoms with van der Waals surface area (Å²) < 4.78 is 6.34. The van der Waals surface area contributed by atoms with Crippen LogP contribution in [0.2, 0.25) is 0 Å². The topological polar surface area (TPSA) is 16.4 Å². The largest absolute Gasteiger partial charge is 0.456 e. The first-order chi connectivity index (χ1) is 29.8. The predicted molar refractivity (Wildman–Crippen MR) is 253 cm³/mol. The van der Waals surface area contributed by atoms with Crippen molar-refractivity contribution in [3.63, 3.8) is 0 Å². The standard InChI is InChI=1S/C58H39NO/c1-3-17-40(18-4-1)48-24-9-10-27-52(48)58-49(42-19-5-2-6-20-42)29-16-30-53(58)50-25-11-13-31-55(50)59(45-37-38-57-54(39-45)51-26-12-14-32-56(51)60-57)44-35-33-43(34-36-44)47-28-15-22-41-21-7-8-23-46(41)47/h1-39H. The van der Waals surface area contributed by atoms with Crippen molar-refractivity contribution in [2.75, 3.05) is 4.90 Å². The molecule has 2 heteroatoms. The minimum absolute atomic E-state index is 0.870. The SMILES string of the molecule is c1ccc(-c2ccccc2-c2c(-c3ccccc3)cccc2-c2ccccc2N(c2ccc(-c3cccc4ccccc34)cc2)c2ccc3oc4ccccc4c3c2)cc1. The van der Waals surface area contributed by atoms with Gasteiger partial charge < -0.3 is 9.32 Å². The maximum absolute atomic E-state index is 6.34. The molecule has 0 bridgehead atoms. The van der Waals surface area contributed by atoms with Crippen LogP contribution in [-0.2, 0) is 0 Å². The molecule has 10 aromatic carbocycles. The zero-order valence-electron chi connectivity index (χ0n) is 32.9. The third kappa shape index (κ3) is 6.23. The van der Waals surface area contributed by atoms with Crippen molar-refractivity contribution in [3.8, 4) is 55.6 Å². The second kappa shape index (κ2) is 15.1. The van der Waals surface area contributed by atoms with Crippen molar-refractivity contribution in [2.45, 2.75) is 0 Å². The van der Waals surface area contributed by atoms with Crippen molar-refractivity contribution in [3.05, 3.63) is 237 Å². The number of furan rings is 1. The smallest absolute Gasteiger partial charge is 0.135 e. The average molecular weight is 766 g/mol. The minimum Gasteiger partial charge on any atom is -0.456 e. The highest BCUT2D eigenvalue weighted by atomic mass is 16.3. The molecule has 0 aliphatic heterocycles. The van der Waals surface area contributed by atoms with Crippen molar-refractivity contribution >= 4 is 49.8 Å². The summed E-state index contributed by atoms with van der Waals surface area (Å²) in [6, 6.07) is 85.0. The van der Waals surface area contributed by atoms with Gasteiger partial charge >= 0.3 is 0 Å². The molecule has 0 fully saturated rings. The van der Waals surface area contributed by atoms with E-state index in [9.17, 15) is 0 Å². The maximum atomic E-state index is 6.34. The van der Waals surface area contributed by atoms with E-state index in [1.165, 1.54) is 55.3 Å². The Morgan fingerprint density at radius 2 is 0.800 bits per heavy atom. The third-order valence-electron chi connectivity index (χ3n) is 11.7. The highest BCUT2D eigenvalue weighted by Crippen LogP contribution is 2.49. The van der Waals surface area contributed by atoms with E-state index in [-0.39, 0.29) is 0 Å². The molecule has 2 nitrogen and oxygen atoms in total. The van der Waals surface area contributed by atoms with Gasteiger partial charge in [-0.25, -0.2) is 0 Å². The van der Waals surface area contributed by atoms with Crippen molar-refractivity contribution in [2.24, 2.45) is 0 Å². The molecule has 0 saturated carbocycles. The number of para-hydroxylation sites is 2. The van der Waals surface area contributed by atoms with E-state index in [2.05, 4.69) is 229 Å². The van der Waals surface area contributed by atoms with Crippen LogP contribution in [0.3, 0.4) is 0 Å². The molecule has 11 aromatic rings. The molecule has 1 heterocycles. The number of rotatable bonds is 8. The van der Waals surface area contributed by atoms with Crippen LogP contribution in [0.25, 0.3) is 88.3 Å². The highest BCUT2D eigenvalue weighted by molar-refractivity contribution is 6.08. The Balaban J connectivity index is 1.15. The van der Waals surface area contributed by atoms with Crippen LogP contribution in [0.4, 0.5) is 17.1 Å². The molecule has 0 spiro atoms. The lowest BCUT2D eigenvalue weighted by atomic mass is 9.84. The minimum atomic E-state index is 0.870. The van der Waals surface area contributed by atoms with Gasteiger partial charge in [0.05, 0.1) is 5.69 Å². The van der Waals surface area contributed by atoms with Crippen LogP contribution in [0.5, 0.6) is 0 Å².